The van der Waals surface area contributed by atoms with Crippen molar-refractivity contribution in [1.82, 2.24) is 0 Å². The molecule has 0 heterocycles. The number of nitrogens with zero attached hydrogens (tertiary/aromatic N) is 1. The first-order valence-electron chi connectivity index (χ1n) is 7.14. The molecule has 2 rings (SSSR count). The zero-order valence-corrected chi connectivity index (χ0v) is 12.5. The summed E-state index contributed by atoms with van der Waals surface area (Å²) in [6, 6.07) is 18.7. The van der Waals surface area contributed by atoms with Gasteiger partial charge in [0.25, 0.3) is 0 Å². The minimum atomic E-state index is 0.421. The van der Waals surface area contributed by atoms with E-state index in [1.54, 1.807) is 6.07 Å². The van der Waals surface area contributed by atoms with Crippen molar-refractivity contribution < 1.29 is 9.57 Å². The van der Waals surface area contributed by atoms with E-state index in [4.69, 9.17) is 9.57 Å². The van der Waals surface area contributed by atoms with E-state index in [1.807, 2.05) is 18.2 Å². The summed E-state index contributed by atoms with van der Waals surface area (Å²) in [4.78, 5) is 5.35. The third kappa shape index (κ3) is 4.95. The molecular weight excluding hydrogens is 262 g/mol. The van der Waals surface area contributed by atoms with Gasteiger partial charge in [0.1, 0.15) is 12.4 Å². The number of rotatable bonds is 7. The van der Waals surface area contributed by atoms with E-state index in [1.165, 1.54) is 5.56 Å². The molecule has 1 radical (unpaired) electrons. The first kappa shape index (κ1) is 15.1. The molecule has 0 N–H and O–H groups in total. The van der Waals surface area contributed by atoms with E-state index in [-0.39, 0.29) is 0 Å². The lowest BCUT2D eigenvalue weighted by molar-refractivity contribution is 0.107. The van der Waals surface area contributed by atoms with Crippen LogP contribution in [-0.4, -0.2) is 18.9 Å². The van der Waals surface area contributed by atoms with Crippen LogP contribution in [-0.2, 0) is 4.84 Å². The van der Waals surface area contributed by atoms with E-state index >= 15 is 0 Å². The van der Waals surface area contributed by atoms with E-state index in [2.05, 4.69) is 49.3 Å². The molecule has 0 aliphatic rings. The molecule has 0 atom stereocenters. The fraction of sp³-hybridized carbons (Fsp3) is 0.278. The van der Waals surface area contributed by atoms with Crippen LogP contribution >= 0.6 is 0 Å². The lowest BCUT2D eigenvalue weighted by Crippen LogP contribution is -2.06. The summed E-state index contributed by atoms with van der Waals surface area (Å²) in [5.41, 5.74) is 3.29. The second kappa shape index (κ2) is 8.10. The molecule has 0 unspecified atom stereocenters. The van der Waals surface area contributed by atoms with Gasteiger partial charge in [0.15, 0.2) is 6.61 Å². The zero-order chi connectivity index (χ0) is 14.9. The Bertz CT molecular complexity index is 562. The van der Waals surface area contributed by atoms with Crippen molar-refractivity contribution in [2.75, 3.05) is 13.2 Å². The Morgan fingerprint density at radius 2 is 1.95 bits per heavy atom. The van der Waals surface area contributed by atoms with Crippen molar-refractivity contribution >= 4 is 5.71 Å². The predicted octanol–water partition coefficient (Wildman–Crippen LogP) is 4.00. The summed E-state index contributed by atoms with van der Waals surface area (Å²) < 4.78 is 5.52. The summed E-state index contributed by atoms with van der Waals surface area (Å²) >= 11 is 0. The highest BCUT2D eigenvalue weighted by molar-refractivity contribution is 6.00. The van der Waals surface area contributed by atoms with Crippen molar-refractivity contribution in [3.8, 4) is 5.75 Å². The van der Waals surface area contributed by atoms with E-state index in [0.29, 0.717) is 13.2 Å². The highest BCUT2D eigenvalue weighted by atomic mass is 16.6. The first-order valence-corrected chi connectivity index (χ1v) is 7.14. The molecule has 2 aromatic carbocycles. The Morgan fingerprint density at radius 1 is 1.14 bits per heavy atom. The van der Waals surface area contributed by atoms with Crippen LogP contribution < -0.4 is 4.74 Å². The molecule has 21 heavy (non-hydrogen) atoms. The first-order chi connectivity index (χ1) is 10.3. The molecular formula is C18H20NO2. The van der Waals surface area contributed by atoms with Gasteiger partial charge in [-0.05, 0) is 37.1 Å². The van der Waals surface area contributed by atoms with Gasteiger partial charge in [-0.15, -0.1) is 0 Å². The second-order valence-corrected chi connectivity index (χ2v) is 4.68. The standard InChI is InChI=1S/C18H20NO2/c1-3-18(16-11-9-15(2)10-12-16)19-21-14-13-20-17-7-5-4-6-8-17/h4-5,7-12H,3,13-14H2,1-2H3/b19-18+. The van der Waals surface area contributed by atoms with Crippen molar-refractivity contribution in [1.29, 1.82) is 0 Å². The quantitative estimate of drug-likeness (QED) is 0.436. The molecule has 0 spiro atoms. The van der Waals surface area contributed by atoms with Crippen LogP contribution in [0.3, 0.4) is 0 Å². The fourth-order valence-corrected chi connectivity index (χ4v) is 1.85. The number of oxime groups is 1. The fourth-order valence-electron chi connectivity index (χ4n) is 1.85. The Kier molecular flexibility index (Phi) is 5.83. The minimum absolute atomic E-state index is 0.421. The van der Waals surface area contributed by atoms with E-state index in [0.717, 1.165) is 23.4 Å². The molecule has 109 valence electrons. The SMILES string of the molecule is CC/C(=N\OCCOc1c[c]ccc1)c1ccc(C)cc1. The van der Waals surface area contributed by atoms with Gasteiger partial charge in [0.05, 0.1) is 5.71 Å². The van der Waals surface area contributed by atoms with Crippen molar-refractivity contribution in [3.63, 3.8) is 0 Å². The molecule has 0 saturated heterocycles. The zero-order valence-electron chi connectivity index (χ0n) is 12.5. The lowest BCUT2D eigenvalue weighted by Gasteiger charge is -2.07. The molecule has 0 aliphatic carbocycles. The molecule has 2 aromatic rings. The minimum Gasteiger partial charge on any atom is -0.490 e. The summed E-state index contributed by atoms with van der Waals surface area (Å²) in [5.74, 6) is 0.791. The van der Waals surface area contributed by atoms with E-state index < -0.39 is 0 Å². The third-order valence-corrected chi connectivity index (χ3v) is 3.02. The monoisotopic (exact) mass is 282 g/mol. The summed E-state index contributed by atoms with van der Waals surface area (Å²) in [7, 11) is 0. The van der Waals surface area contributed by atoms with Gasteiger partial charge in [0.2, 0.25) is 0 Å². The van der Waals surface area contributed by atoms with Gasteiger partial charge < -0.3 is 9.57 Å². The normalized spacial score (nSPS) is 11.2. The lowest BCUT2D eigenvalue weighted by atomic mass is 10.1. The Morgan fingerprint density at radius 3 is 2.62 bits per heavy atom. The van der Waals surface area contributed by atoms with Crippen LogP contribution in [0.5, 0.6) is 5.75 Å². The molecule has 0 bridgehead atoms. The van der Waals surface area contributed by atoms with Gasteiger partial charge >= 0.3 is 0 Å². The van der Waals surface area contributed by atoms with Crippen LogP contribution in [0.15, 0.2) is 53.7 Å². The van der Waals surface area contributed by atoms with Crippen LogP contribution in [0, 0.1) is 13.0 Å². The molecule has 0 aromatic heterocycles. The highest BCUT2D eigenvalue weighted by Crippen LogP contribution is 2.09. The number of hydrogen-bond donors (Lipinski definition) is 0. The summed E-state index contributed by atoms with van der Waals surface area (Å²) in [5, 5.41) is 4.20. The molecule has 0 amide bonds. The number of ether oxygens (including phenoxy) is 1. The molecule has 3 heteroatoms. The van der Waals surface area contributed by atoms with Gasteiger partial charge in [-0.2, -0.15) is 0 Å². The molecule has 0 aliphatic heterocycles. The topological polar surface area (TPSA) is 30.8 Å². The van der Waals surface area contributed by atoms with Gasteiger partial charge in [-0.25, -0.2) is 0 Å². The maximum atomic E-state index is 5.52. The summed E-state index contributed by atoms with van der Waals surface area (Å²) in [6.07, 6.45) is 0.831. The third-order valence-electron chi connectivity index (χ3n) is 3.02. The number of hydrogen-bond acceptors (Lipinski definition) is 3. The smallest absolute Gasteiger partial charge is 0.151 e. The van der Waals surface area contributed by atoms with Gasteiger partial charge in [0, 0.05) is 0 Å². The predicted molar refractivity (Wildman–Crippen MR) is 84.7 cm³/mol. The van der Waals surface area contributed by atoms with Crippen LogP contribution in [0.25, 0.3) is 0 Å². The van der Waals surface area contributed by atoms with Crippen molar-refractivity contribution in [2.24, 2.45) is 5.16 Å². The molecule has 3 nitrogen and oxygen atoms in total. The number of benzene rings is 2. The van der Waals surface area contributed by atoms with Crippen LogP contribution in [0.4, 0.5) is 0 Å². The van der Waals surface area contributed by atoms with Crippen LogP contribution in [0.2, 0.25) is 0 Å². The second-order valence-electron chi connectivity index (χ2n) is 4.68. The maximum Gasteiger partial charge on any atom is 0.151 e. The highest BCUT2D eigenvalue weighted by Gasteiger charge is 2.01. The summed E-state index contributed by atoms with van der Waals surface area (Å²) in [6.45, 7) is 5.02. The molecule has 0 fully saturated rings. The number of aryl methyl sites for hydroxylation is 1. The Labute approximate surface area is 126 Å². The van der Waals surface area contributed by atoms with Crippen molar-refractivity contribution in [2.45, 2.75) is 20.3 Å². The average Bonchev–Trinajstić information content (AvgIpc) is 2.53. The van der Waals surface area contributed by atoms with Gasteiger partial charge in [-0.3, -0.25) is 0 Å². The molecule has 0 saturated carbocycles. The van der Waals surface area contributed by atoms with Gasteiger partial charge in [-0.1, -0.05) is 54.0 Å². The van der Waals surface area contributed by atoms with E-state index in [9.17, 15) is 0 Å². The van der Waals surface area contributed by atoms with Crippen LogP contribution in [0.1, 0.15) is 24.5 Å². The Hall–Kier alpha value is -2.29. The average molecular weight is 282 g/mol. The Balaban J connectivity index is 1.80. The largest absolute Gasteiger partial charge is 0.490 e. The van der Waals surface area contributed by atoms with Crippen molar-refractivity contribution in [3.05, 3.63) is 65.7 Å². The maximum absolute atomic E-state index is 5.52.